The van der Waals surface area contributed by atoms with Gasteiger partial charge in [0.2, 0.25) is 0 Å². The Morgan fingerprint density at radius 1 is 1.05 bits per heavy atom. The van der Waals surface area contributed by atoms with Crippen LogP contribution in [0.1, 0.15) is 5.56 Å². The summed E-state index contributed by atoms with van der Waals surface area (Å²) in [6.07, 6.45) is 5.05. The first kappa shape index (κ1) is 12.3. The van der Waals surface area contributed by atoms with Crippen molar-refractivity contribution in [1.29, 1.82) is 0 Å². The molecule has 0 bridgehead atoms. The second-order valence-corrected chi connectivity index (χ2v) is 4.43. The number of pyridine rings is 2. The van der Waals surface area contributed by atoms with Gasteiger partial charge in [-0.25, -0.2) is 9.37 Å². The van der Waals surface area contributed by atoms with Crippen LogP contribution in [-0.4, -0.2) is 9.97 Å². The standard InChI is InChI=1S/C15H13FN4/c16-12-1-2-13(17)11-5-8-19-15(14(11)12)20-9-10-3-6-18-7-4-10/h1-8H,9,17H2,(H,19,20). The van der Waals surface area contributed by atoms with E-state index in [1.807, 2.05) is 12.1 Å². The highest BCUT2D eigenvalue weighted by Gasteiger charge is 2.09. The molecule has 0 fully saturated rings. The molecule has 0 saturated heterocycles. The Bertz CT molecular complexity index is 743. The van der Waals surface area contributed by atoms with Crippen LogP contribution >= 0.6 is 0 Å². The summed E-state index contributed by atoms with van der Waals surface area (Å²) in [6, 6.07) is 8.42. The van der Waals surface area contributed by atoms with E-state index in [1.54, 1.807) is 30.7 Å². The van der Waals surface area contributed by atoms with Crippen molar-refractivity contribution in [2.24, 2.45) is 0 Å². The summed E-state index contributed by atoms with van der Waals surface area (Å²) < 4.78 is 14.0. The highest BCUT2D eigenvalue weighted by molar-refractivity contribution is 5.99. The Morgan fingerprint density at radius 2 is 1.85 bits per heavy atom. The Labute approximate surface area is 115 Å². The second-order valence-electron chi connectivity index (χ2n) is 4.43. The SMILES string of the molecule is Nc1ccc(F)c2c(NCc3ccncc3)nccc12. The summed E-state index contributed by atoms with van der Waals surface area (Å²) >= 11 is 0. The van der Waals surface area contributed by atoms with Crippen LogP contribution in [0.4, 0.5) is 15.9 Å². The molecule has 2 heterocycles. The first-order valence-corrected chi connectivity index (χ1v) is 6.21. The highest BCUT2D eigenvalue weighted by atomic mass is 19.1. The first-order valence-electron chi connectivity index (χ1n) is 6.21. The lowest BCUT2D eigenvalue weighted by Gasteiger charge is -2.10. The maximum absolute atomic E-state index is 14.0. The van der Waals surface area contributed by atoms with Gasteiger partial charge in [0, 0.05) is 36.2 Å². The van der Waals surface area contributed by atoms with Crippen LogP contribution in [0.2, 0.25) is 0 Å². The lowest BCUT2D eigenvalue weighted by molar-refractivity contribution is 0.640. The zero-order chi connectivity index (χ0) is 13.9. The number of nitrogens with zero attached hydrogens (tertiary/aromatic N) is 2. The topological polar surface area (TPSA) is 63.8 Å². The summed E-state index contributed by atoms with van der Waals surface area (Å²) in [7, 11) is 0. The minimum atomic E-state index is -0.334. The molecule has 3 N–H and O–H groups in total. The maximum Gasteiger partial charge on any atom is 0.137 e. The van der Waals surface area contributed by atoms with Crippen molar-refractivity contribution in [3.05, 3.63) is 60.3 Å². The zero-order valence-electron chi connectivity index (χ0n) is 10.7. The third kappa shape index (κ3) is 2.25. The van der Waals surface area contributed by atoms with Gasteiger partial charge in [-0.15, -0.1) is 0 Å². The summed E-state index contributed by atoms with van der Waals surface area (Å²) in [5, 5.41) is 4.22. The van der Waals surface area contributed by atoms with Crippen LogP contribution in [0.3, 0.4) is 0 Å². The van der Waals surface area contributed by atoms with Gasteiger partial charge >= 0.3 is 0 Å². The van der Waals surface area contributed by atoms with Crippen LogP contribution in [0, 0.1) is 5.82 Å². The number of hydrogen-bond donors (Lipinski definition) is 2. The molecule has 0 aliphatic carbocycles. The molecule has 20 heavy (non-hydrogen) atoms. The molecule has 2 aromatic heterocycles. The third-order valence-corrected chi connectivity index (χ3v) is 3.12. The fourth-order valence-corrected chi connectivity index (χ4v) is 2.10. The van der Waals surface area contributed by atoms with Gasteiger partial charge in [-0.05, 0) is 35.9 Å². The van der Waals surface area contributed by atoms with E-state index in [4.69, 9.17) is 5.73 Å². The smallest absolute Gasteiger partial charge is 0.137 e. The lowest BCUT2D eigenvalue weighted by atomic mass is 10.1. The third-order valence-electron chi connectivity index (χ3n) is 3.12. The summed E-state index contributed by atoms with van der Waals surface area (Å²) in [4.78, 5) is 8.16. The van der Waals surface area contributed by atoms with Crippen molar-refractivity contribution >= 4 is 22.3 Å². The number of aromatic nitrogens is 2. The molecule has 5 heteroatoms. The molecule has 0 spiro atoms. The van der Waals surface area contributed by atoms with Gasteiger partial charge in [-0.1, -0.05) is 0 Å². The van der Waals surface area contributed by atoms with Gasteiger partial charge in [0.15, 0.2) is 0 Å². The molecule has 4 nitrogen and oxygen atoms in total. The number of halogens is 1. The van der Waals surface area contributed by atoms with Crippen LogP contribution < -0.4 is 11.1 Å². The van der Waals surface area contributed by atoms with Crippen molar-refractivity contribution in [3.63, 3.8) is 0 Å². The first-order chi connectivity index (χ1) is 9.75. The number of hydrogen-bond acceptors (Lipinski definition) is 4. The molecule has 3 aromatic rings. The van der Waals surface area contributed by atoms with Gasteiger partial charge in [-0.3, -0.25) is 4.98 Å². The Hall–Kier alpha value is -2.69. The molecule has 0 aliphatic heterocycles. The van der Waals surface area contributed by atoms with Crippen molar-refractivity contribution < 1.29 is 4.39 Å². The minimum Gasteiger partial charge on any atom is -0.398 e. The van der Waals surface area contributed by atoms with Crippen molar-refractivity contribution in [3.8, 4) is 0 Å². The summed E-state index contributed by atoms with van der Waals surface area (Å²) in [6.45, 7) is 0.545. The fraction of sp³-hybridized carbons (Fsp3) is 0.0667. The number of nitrogen functional groups attached to an aromatic ring is 1. The van der Waals surface area contributed by atoms with E-state index >= 15 is 0 Å². The van der Waals surface area contributed by atoms with E-state index in [-0.39, 0.29) is 5.82 Å². The average molecular weight is 268 g/mol. The molecule has 3 rings (SSSR count). The quantitative estimate of drug-likeness (QED) is 0.717. The number of rotatable bonds is 3. The number of fused-ring (bicyclic) bond motifs is 1. The molecule has 0 saturated carbocycles. The predicted octanol–water partition coefficient (Wildman–Crippen LogP) is 2.96. The van der Waals surface area contributed by atoms with Crippen molar-refractivity contribution in [2.45, 2.75) is 6.54 Å². The molecule has 100 valence electrons. The second kappa shape index (κ2) is 5.13. The van der Waals surface area contributed by atoms with Gasteiger partial charge in [-0.2, -0.15) is 0 Å². The van der Waals surface area contributed by atoms with Gasteiger partial charge in [0.05, 0.1) is 5.39 Å². The Morgan fingerprint density at radius 3 is 2.65 bits per heavy atom. The van der Waals surface area contributed by atoms with Crippen LogP contribution in [0.5, 0.6) is 0 Å². The monoisotopic (exact) mass is 268 g/mol. The Kier molecular flexibility index (Phi) is 3.16. The molecule has 0 radical (unpaired) electrons. The maximum atomic E-state index is 14.0. The number of nitrogens with two attached hydrogens (primary N) is 1. The fourth-order valence-electron chi connectivity index (χ4n) is 2.10. The van der Waals surface area contributed by atoms with E-state index in [0.717, 1.165) is 5.56 Å². The largest absolute Gasteiger partial charge is 0.398 e. The molecule has 0 unspecified atom stereocenters. The van der Waals surface area contributed by atoms with E-state index in [2.05, 4.69) is 15.3 Å². The summed E-state index contributed by atoms with van der Waals surface area (Å²) in [5.41, 5.74) is 7.45. The molecule has 0 amide bonds. The van der Waals surface area contributed by atoms with Crippen LogP contribution in [0.25, 0.3) is 10.8 Å². The molecule has 1 aromatic carbocycles. The minimum absolute atomic E-state index is 0.334. The van der Waals surface area contributed by atoms with Crippen molar-refractivity contribution in [1.82, 2.24) is 9.97 Å². The molecule has 0 aliphatic rings. The van der Waals surface area contributed by atoms with Crippen molar-refractivity contribution in [2.75, 3.05) is 11.1 Å². The lowest BCUT2D eigenvalue weighted by Crippen LogP contribution is -2.03. The normalized spacial score (nSPS) is 10.7. The van der Waals surface area contributed by atoms with E-state index in [0.29, 0.717) is 28.8 Å². The van der Waals surface area contributed by atoms with E-state index < -0.39 is 0 Å². The zero-order valence-corrected chi connectivity index (χ0v) is 10.7. The number of anilines is 2. The average Bonchev–Trinajstić information content (AvgIpc) is 2.50. The Balaban J connectivity index is 1.98. The van der Waals surface area contributed by atoms with Gasteiger partial charge in [0.25, 0.3) is 0 Å². The summed E-state index contributed by atoms with van der Waals surface area (Å²) in [5.74, 6) is 0.156. The molecule has 0 atom stereocenters. The van der Waals surface area contributed by atoms with E-state index in [1.165, 1.54) is 6.07 Å². The number of benzene rings is 1. The van der Waals surface area contributed by atoms with Crippen LogP contribution in [-0.2, 0) is 6.54 Å². The molecular formula is C15H13FN4. The van der Waals surface area contributed by atoms with Crippen LogP contribution in [0.15, 0.2) is 48.9 Å². The van der Waals surface area contributed by atoms with Gasteiger partial charge in [0.1, 0.15) is 11.6 Å². The predicted molar refractivity (Wildman–Crippen MR) is 77.7 cm³/mol. The van der Waals surface area contributed by atoms with E-state index in [9.17, 15) is 4.39 Å². The number of nitrogens with one attached hydrogen (secondary N) is 1. The molecular weight excluding hydrogens is 255 g/mol. The van der Waals surface area contributed by atoms with Gasteiger partial charge < -0.3 is 11.1 Å². The highest BCUT2D eigenvalue weighted by Crippen LogP contribution is 2.28.